The average Bonchev–Trinajstić information content (AvgIpc) is 3.42. The highest BCUT2D eigenvalue weighted by Gasteiger charge is 2.21. The van der Waals surface area contributed by atoms with Crippen molar-refractivity contribution in [1.29, 1.82) is 0 Å². The summed E-state index contributed by atoms with van der Waals surface area (Å²) >= 11 is 0. The summed E-state index contributed by atoms with van der Waals surface area (Å²) < 4.78 is 41.6. The van der Waals surface area contributed by atoms with Gasteiger partial charge in [0.1, 0.15) is 5.65 Å². The van der Waals surface area contributed by atoms with E-state index in [1.54, 1.807) is 37.1 Å². The maximum Gasteiger partial charge on any atom is 0.171 e. The summed E-state index contributed by atoms with van der Waals surface area (Å²) in [6.07, 6.45) is 7.57. The molecular weight excluding hydrogens is 430 g/mol. The fourth-order valence-electron chi connectivity index (χ4n) is 3.67. The fraction of sp³-hybridized carbons (Fsp3) is 0.333. The Morgan fingerprint density at radius 2 is 1.76 bits per heavy atom. The summed E-state index contributed by atoms with van der Waals surface area (Å²) in [5.41, 5.74) is 2.05. The van der Waals surface area contributed by atoms with Gasteiger partial charge in [-0.1, -0.05) is 0 Å². The Balaban J connectivity index is 1.67. The van der Waals surface area contributed by atoms with Gasteiger partial charge in [-0.05, 0) is 31.9 Å². The molecule has 0 bridgehead atoms. The van der Waals surface area contributed by atoms with E-state index in [2.05, 4.69) is 15.1 Å². The molecule has 0 aliphatic rings. The van der Waals surface area contributed by atoms with Crippen LogP contribution in [0.5, 0.6) is 11.5 Å². The molecule has 0 amide bonds. The van der Waals surface area contributed by atoms with Crippen LogP contribution in [-0.2, 0) is 13.0 Å². The predicted octanol–water partition coefficient (Wildman–Crippen LogP) is 4.47. The first-order chi connectivity index (χ1) is 15.7. The van der Waals surface area contributed by atoms with Crippen LogP contribution in [0.15, 0.2) is 36.9 Å². The molecule has 2 N–H and O–H groups in total. The van der Waals surface area contributed by atoms with E-state index in [9.17, 15) is 13.9 Å². The predicted molar refractivity (Wildman–Crippen MR) is 120 cm³/mol. The highest BCUT2D eigenvalue weighted by Crippen LogP contribution is 2.34. The van der Waals surface area contributed by atoms with E-state index in [4.69, 9.17) is 9.47 Å². The first-order valence-corrected chi connectivity index (χ1v) is 10.5. The number of pyridine rings is 1. The number of aliphatic hydroxyl groups is 1. The Hall–Kier alpha value is -3.46. The number of H-pyrrole nitrogens is 1. The molecule has 4 rings (SSSR count). The summed E-state index contributed by atoms with van der Waals surface area (Å²) in [6.45, 7) is 4.09. The molecule has 4 aromatic rings. The van der Waals surface area contributed by atoms with Crippen molar-refractivity contribution in [3.63, 3.8) is 0 Å². The number of hydrogen-bond acceptors (Lipinski definition) is 5. The lowest BCUT2D eigenvalue weighted by molar-refractivity contribution is 0.0651. The van der Waals surface area contributed by atoms with Crippen molar-refractivity contribution in [1.82, 2.24) is 19.7 Å². The number of fused-ring (bicyclic) bond motifs is 1. The molecule has 0 saturated heterocycles. The van der Waals surface area contributed by atoms with Crippen molar-refractivity contribution in [2.75, 3.05) is 14.2 Å². The number of ether oxygens (including phenoxy) is 2. The monoisotopic (exact) mass is 456 g/mol. The largest absolute Gasteiger partial charge is 0.494 e. The lowest BCUT2D eigenvalue weighted by Crippen LogP contribution is -2.21. The van der Waals surface area contributed by atoms with Crippen molar-refractivity contribution in [2.45, 2.75) is 38.8 Å². The van der Waals surface area contributed by atoms with Gasteiger partial charge in [0, 0.05) is 59.7 Å². The number of aromatic amines is 1. The van der Waals surface area contributed by atoms with E-state index in [0.717, 1.165) is 16.5 Å². The molecule has 3 aromatic heterocycles. The number of methoxy groups -OCH3 is 2. The van der Waals surface area contributed by atoms with E-state index in [-0.39, 0.29) is 23.5 Å². The van der Waals surface area contributed by atoms with Crippen LogP contribution in [0, 0.1) is 11.6 Å². The minimum Gasteiger partial charge on any atom is -0.494 e. The van der Waals surface area contributed by atoms with Gasteiger partial charge in [0.25, 0.3) is 0 Å². The van der Waals surface area contributed by atoms with E-state index in [1.807, 2.05) is 12.3 Å². The van der Waals surface area contributed by atoms with Gasteiger partial charge in [-0.2, -0.15) is 5.10 Å². The average molecular weight is 456 g/mol. The Kier molecular flexibility index (Phi) is 6.07. The third-order valence-corrected chi connectivity index (χ3v) is 5.57. The molecule has 1 aromatic carbocycles. The maximum absolute atomic E-state index is 14.9. The second-order valence-corrected chi connectivity index (χ2v) is 8.55. The van der Waals surface area contributed by atoms with Gasteiger partial charge < -0.3 is 19.6 Å². The molecule has 0 fully saturated rings. The zero-order valence-electron chi connectivity index (χ0n) is 18.9. The summed E-state index contributed by atoms with van der Waals surface area (Å²) in [7, 11) is 2.65. The standard InChI is InChI=1S/C24H26F2N4O3/c1-24(2,31)5-6-30-13-16(12-29-30)14-7-17-15(11-28-23(17)27-10-14)8-18-21(25)19(32-3)9-20(33-4)22(18)26/h7,9-13,31H,5-6,8H2,1-4H3,(H,27,28). The number of nitrogens with one attached hydrogen (secondary N) is 1. The normalized spacial score (nSPS) is 11.8. The molecule has 3 heterocycles. The van der Waals surface area contributed by atoms with Crippen molar-refractivity contribution in [2.24, 2.45) is 0 Å². The second-order valence-electron chi connectivity index (χ2n) is 8.55. The van der Waals surface area contributed by atoms with Crippen LogP contribution in [0.2, 0.25) is 0 Å². The van der Waals surface area contributed by atoms with Crippen molar-refractivity contribution in [3.05, 3.63) is 59.7 Å². The second kappa shape index (κ2) is 8.82. The van der Waals surface area contributed by atoms with Crippen molar-refractivity contribution >= 4 is 11.0 Å². The van der Waals surface area contributed by atoms with Gasteiger partial charge in [-0.25, -0.2) is 13.8 Å². The molecule has 0 aliphatic heterocycles. The minimum absolute atomic E-state index is 0.0127. The molecule has 174 valence electrons. The molecule has 0 radical (unpaired) electrons. The van der Waals surface area contributed by atoms with E-state index in [1.165, 1.54) is 20.3 Å². The SMILES string of the molecule is COc1cc(OC)c(F)c(Cc2c[nH]c3ncc(-c4cnn(CCC(C)(C)O)c4)cc23)c1F. The molecule has 0 spiro atoms. The molecule has 9 heteroatoms. The highest BCUT2D eigenvalue weighted by molar-refractivity contribution is 5.84. The quantitative estimate of drug-likeness (QED) is 0.409. The first kappa shape index (κ1) is 22.7. The number of aryl methyl sites for hydroxylation is 1. The van der Waals surface area contributed by atoms with Crippen LogP contribution in [0.3, 0.4) is 0 Å². The third kappa shape index (κ3) is 4.68. The van der Waals surface area contributed by atoms with Gasteiger partial charge in [0.2, 0.25) is 0 Å². The molecule has 0 saturated carbocycles. The lowest BCUT2D eigenvalue weighted by Gasteiger charge is -2.16. The molecule has 0 unspecified atom stereocenters. The highest BCUT2D eigenvalue weighted by atomic mass is 19.1. The molecule has 33 heavy (non-hydrogen) atoms. The van der Waals surface area contributed by atoms with Crippen LogP contribution in [0.25, 0.3) is 22.2 Å². The number of halogens is 2. The number of hydrogen-bond donors (Lipinski definition) is 2. The summed E-state index contributed by atoms with van der Waals surface area (Å²) in [5, 5.41) is 15.0. The Bertz CT molecular complexity index is 1260. The van der Waals surface area contributed by atoms with E-state index in [0.29, 0.717) is 24.2 Å². The van der Waals surface area contributed by atoms with Gasteiger partial charge in [-0.3, -0.25) is 4.68 Å². The topological polar surface area (TPSA) is 85.2 Å². The van der Waals surface area contributed by atoms with E-state index >= 15 is 0 Å². The summed E-state index contributed by atoms with van der Waals surface area (Å²) in [4.78, 5) is 7.52. The molecule has 0 aliphatic carbocycles. The van der Waals surface area contributed by atoms with E-state index < -0.39 is 17.2 Å². The lowest BCUT2D eigenvalue weighted by atomic mass is 10.0. The third-order valence-electron chi connectivity index (χ3n) is 5.57. The van der Waals surface area contributed by atoms with Crippen LogP contribution in [0.4, 0.5) is 8.78 Å². The smallest absolute Gasteiger partial charge is 0.171 e. The van der Waals surface area contributed by atoms with Crippen LogP contribution in [-0.4, -0.2) is 44.7 Å². The van der Waals surface area contributed by atoms with Crippen LogP contribution < -0.4 is 9.47 Å². The zero-order valence-corrected chi connectivity index (χ0v) is 18.9. The van der Waals surface area contributed by atoms with Crippen LogP contribution >= 0.6 is 0 Å². The molecule has 0 atom stereocenters. The summed E-state index contributed by atoms with van der Waals surface area (Å²) in [5.74, 6) is -1.69. The van der Waals surface area contributed by atoms with Crippen molar-refractivity contribution < 1.29 is 23.4 Å². The maximum atomic E-state index is 14.9. The first-order valence-electron chi connectivity index (χ1n) is 10.5. The van der Waals surface area contributed by atoms with Crippen LogP contribution in [0.1, 0.15) is 31.4 Å². The van der Waals surface area contributed by atoms with Gasteiger partial charge in [-0.15, -0.1) is 0 Å². The fourth-order valence-corrected chi connectivity index (χ4v) is 3.67. The number of benzene rings is 1. The Morgan fingerprint density at radius 1 is 1.06 bits per heavy atom. The Labute approximate surface area is 190 Å². The van der Waals surface area contributed by atoms with Crippen molar-refractivity contribution in [3.8, 4) is 22.6 Å². The van der Waals surface area contributed by atoms with Gasteiger partial charge in [0.15, 0.2) is 23.1 Å². The van der Waals surface area contributed by atoms with Gasteiger partial charge >= 0.3 is 0 Å². The summed E-state index contributed by atoms with van der Waals surface area (Å²) in [6, 6.07) is 3.11. The molecular formula is C24H26F2N4O3. The zero-order chi connectivity index (χ0) is 23.8. The molecule has 7 nitrogen and oxygen atoms in total. The number of rotatable bonds is 8. The number of nitrogens with zero attached hydrogens (tertiary/aromatic N) is 3. The minimum atomic E-state index is -0.778. The van der Waals surface area contributed by atoms with Gasteiger partial charge in [0.05, 0.1) is 26.0 Å². The Morgan fingerprint density at radius 3 is 2.39 bits per heavy atom. The number of aromatic nitrogens is 4.